The second-order valence-electron chi connectivity index (χ2n) is 9.43. The molecule has 4 heterocycles. The number of hydrogen-bond acceptors (Lipinski definition) is 5. The van der Waals surface area contributed by atoms with Gasteiger partial charge in [0.05, 0.1) is 23.1 Å². The fourth-order valence-corrected chi connectivity index (χ4v) is 5.47. The van der Waals surface area contributed by atoms with Crippen LogP contribution in [-0.4, -0.2) is 38.1 Å². The lowest BCUT2D eigenvalue weighted by molar-refractivity contribution is -0.137. The van der Waals surface area contributed by atoms with Crippen LogP contribution in [0.4, 0.5) is 19.0 Å². The highest BCUT2D eigenvalue weighted by molar-refractivity contribution is 6.07. The third kappa shape index (κ3) is 3.41. The van der Waals surface area contributed by atoms with Gasteiger partial charge < -0.3 is 20.5 Å². The van der Waals surface area contributed by atoms with E-state index in [2.05, 4.69) is 9.97 Å². The van der Waals surface area contributed by atoms with Gasteiger partial charge in [-0.05, 0) is 35.9 Å². The Morgan fingerprint density at radius 3 is 2.63 bits per heavy atom. The van der Waals surface area contributed by atoms with Gasteiger partial charge in [0, 0.05) is 42.4 Å². The average Bonchev–Trinajstić information content (AvgIpc) is 3.49. The number of H-pyrrole nitrogens is 1. The monoisotopic (exact) mass is 516 g/mol. The van der Waals surface area contributed by atoms with Crippen LogP contribution in [0.1, 0.15) is 39.2 Å². The van der Waals surface area contributed by atoms with Gasteiger partial charge in [-0.15, -0.1) is 0 Å². The number of halogens is 3. The molecule has 0 saturated carbocycles. The molecule has 4 aromatic rings. The number of carbonyl (C=O) groups excluding carboxylic acids is 2. The lowest BCUT2D eigenvalue weighted by atomic mass is 9.87. The van der Waals surface area contributed by atoms with E-state index in [1.54, 1.807) is 18.2 Å². The van der Waals surface area contributed by atoms with Crippen molar-refractivity contribution < 1.29 is 22.8 Å². The summed E-state index contributed by atoms with van der Waals surface area (Å²) in [7, 11) is 0. The molecule has 2 aromatic heterocycles. The number of aromatic amines is 1. The summed E-state index contributed by atoms with van der Waals surface area (Å²) in [6, 6.07) is 12.5. The van der Waals surface area contributed by atoms with Crippen molar-refractivity contribution in [3.8, 4) is 6.07 Å². The maximum absolute atomic E-state index is 14.2. The van der Waals surface area contributed by atoms with Gasteiger partial charge in [-0.3, -0.25) is 9.59 Å². The third-order valence-electron chi connectivity index (χ3n) is 7.24. The number of anilines is 1. The van der Waals surface area contributed by atoms with Gasteiger partial charge in [-0.2, -0.15) is 5.26 Å². The van der Waals surface area contributed by atoms with Crippen LogP contribution in [0.2, 0.25) is 0 Å². The van der Waals surface area contributed by atoms with Gasteiger partial charge in [0.2, 0.25) is 0 Å². The number of nitrogen functional groups attached to an aromatic ring is 1. The number of pyridine rings is 1. The zero-order valence-corrected chi connectivity index (χ0v) is 19.8. The van der Waals surface area contributed by atoms with E-state index >= 15 is 0 Å². The largest absolute Gasteiger partial charge is 0.381 e. The molecule has 0 unspecified atom stereocenters. The van der Waals surface area contributed by atoms with E-state index < -0.39 is 28.9 Å². The summed E-state index contributed by atoms with van der Waals surface area (Å²) in [6.07, 6.45) is 0.231. The highest BCUT2D eigenvalue weighted by Crippen LogP contribution is 2.47. The Hall–Kier alpha value is -4.85. The molecular formula is C27H19F3N6O2. The number of nitrogens with zero attached hydrogens (tertiary/aromatic N) is 4. The van der Waals surface area contributed by atoms with Crippen molar-refractivity contribution in [2.24, 2.45) is 0 Å². The molecule has 1 saturated heterocycles. The highest BCUT2D eigenvalue weighted by atomic mass is 19.1. The molecule has 2 aliphatic heterocycles. The molecule has 8 nitrogen and oxygen atoms in total. The number of rotatable bonds is 4. The van der Waals surface area contributed by atoms with Gasteiger partial charge in [-0.25, -0.2) is 18.2 Å². The molecule has 0 aliphatic carbocycles. The van der Waals surface area contributed by atoms with Crippen LogP contribution in [0.25, 0.3) is 11.0 Å². The first kappa shape index (κ1) is 23.5. The van der Waals surface area contributed by atoms with Crippen LogP contribution in [0, 0.1) is 28.8 Å². The minimum atomic E-state index is -1.40. The van der Waals surface area contributed by atoms with E-state index in [1.807, 2.05) is 0 Å². The first-order chi connectivity index (χ1) is 18.2. The van der Waals surface area contributed by atoms with E-state index in [4.69, 9.17) is 11.0 Å². The molecule has 1 atom stereocenters. The van der Waals surface area contributed by atoms with Crippen molar-refractivity contribution in [2.45, 2.75) is 25.0 Å². The predicted octanol–water partition coefficient (Wildman–Crippen LogP) is 3.72. The first-order valence-corrected chi connectivity index (χ1v) is 11.7. The molecule has 190 valence electrons. The molecule has 11 heteroatoms. The summed E-state index contributed by atoms with van der Waals surface area (Å²) >= 11 is 0. The molecule has 2 aromatic carbocycles. The molecular weight excluding hydrogens is 497 g/mol. The Morgan fingerprint density at radius 2 is 1.87 bits per heavy atom. The second-order valence-corrected chi connectivity index (χ2v) is 9.43. The quantitative estimate of drug-likeness (QED) is 0.429. The summed E-state index contributed by atoms with van der Waals surface area (Å²) in [5.74, 6) is -3.15. The molecule has 38 heavy (non-hydrogen) atoms. The number of likely N-dealkylation sites (tertiary alicyclic amines) is 1. The van der Waals surface area contributed by atoms with Crippen LogP contribution in [0.3, 0.4) is 0 Å². The molecule has 0 radical (unpaired) electrons. The number of nitriles is 1. The summed E-state index contributed by atoms with van der Waals surface area (Å²) in [6.45, 7) is 0.270. The standard InChI is InChI=1S/C27H19F3N6O2/c28-16-3-4-19-18(8-16)25(37)36(13-17-9-22-23(33-17)10-21(30)24(32)34-22)27(19)5-6-35(26(27)38)12-14-1-2-15(11-31)20(29)7-14/h1-4,7-10,33H,5-6,12-13H2,(H2,32,34)/t27-/m0/s1. The Kier molecular flexibility index (Phi) is 5.17. The van der Waals surface area contributed by atoms with E-state index in [1.165, 1.54) is 40.1 Å². The normalized spacial score (nSPS) is 18.6. The van der Waals surface area contributed by atoms with Gasteiger partial charge in [0.1, 0.15) is 23.2 Å². The molecule has 0 bridgehead atoms. The second kappa shape index (κ2) is 8.34. The third-order valence-corrected chi connectivity index (χ3v) is 7.24. The van der Waals surface area contributed by atoms with Crippen LogP contribution in [0.5, 0.6) is 0 Å². The van der Waals surface area contributed by atoms with Gasteiger partial charge >= 0.3 is 0 Å². The van der Waals surface area contributed by atoms with Crippen LogP contribution in [-0.2, 0) is 23.4 Å². The number of amides is 2. The minimum Gasteiger partial charge on any atom is -0.381 e. The Labute approximate surface area is 214 Å². The zero-order valence-electron chi connectivity index (χ0n) is 19.8. The molecule has 6 rings (SSSR count). The summed E-state index contributed by atoms with van der Waals surface area (Å²) in [5.41, 5.74) is 6.30. The maximum Gasteiger partial charge on any atom is 0.255 e. The minimum absolute atomic E-state index is 0.0574. The molecule has 1 fully saturated rings. The van der Waals surface area contributed by atoms with Crippen molar-refractivity contribution in [3.63, 3.8) is 0 Å². The number of aromatic nitrogens is 2. The fraction of sp³-hybridized carbons (Fsp3) is 0.185. The van der Waals surface area contributed by atoms with Crippen molar-refractivity contribution >= 4 is 28.7 Å². The summed E-state index contributed by atoms with van der Waals surface area (Å²) < 4.78 is 42.3. The van der Waals surface area contributed by atoms with E-state index in [9.17, 15) is 22.8 Å². The van der Waals surface area contributed by atoms with E-state index in [0.29, 0.717) is 27.9 Å². The topological polar surface area (TPSA) is 119 Å². The maximum atomic E-state index is 14.2. The molecule has 1 spiro atoms. The van der Waals surface area contributed by atoms with Crippen molar-refractivity contribution in [3.05, 3.63) is 93.9 Å². The van der Waals surface area contributed by atoms with Crippen LogP contribution < -0.4 is 5.73 Å². The highest BCUT2D eigenvalue weighted by Gasteiger charge is 2.59. The predicted molar refractivity (Wildman–Crippen MR) is 130 cm³/mol. The fourth-order valence-electron chi connectivity index (χ4n) is 5.47. The molecule has 2 aliphatic rings. The molecule has 3 N–H and O–H groups in total. The van der Waals surface area contributed by atoms with Crippen molar-refractivity contribution in [1.82, 2.24) is 19.8 Å². The number of nitrogens with two attached hydrogens (primary N) is 1. The van der Waals surface area contributed by atoms with Crippen LogP contribution >= 0.6 is 0 Å². The zero-order chi connectivity index (χ0) is 26.8. The summed E-state index contributed by atoms with van der Waals surface area (Å²) in [5, 5.41) is 8.99. The van der Waals surface area contributed by atoms with Gasteiger partial charge in [0.25, 0.3) is 11.8 Å². The number of fused-ring (bicyclic) bond motifs is 3. The van der Waals surface area contributed by atoms with E-state index in [0.717, 1.165) is 6.07 Å². The van der Waals surface area contributed by atoms with E-state index in [-0.39, 0.29) is 48.9 Å². The molecule has 2 amide bonds. The van der Waals surface area contributed by atoms with Crippen molar-refractivity contribution in [2.75, 3.05) is 12.3 Å². The Balaban J connectivity index is 1.38. The lowest BCUT2D eigenvalue weighted by Crippen LogP contribution is -2.49. The number of carbonyl (C=O) groups is 2. The smallest absolute Gasteiger partial charge is 0.255 e. The van der Waals surface area contributed by atoms with Gasteiger partial charge in [0.15, 0.2) is 11.6 Å². The summed E-state index contributed by atoms with van der Waals surface area (Å²) in [4.78, 5) is 37.5. The average molecular weight is 516 g/mol. The Morgan fingerprint density at radius 1 is 1.05 bits per heavy atom. The first-order valence-electron chi connectivity index (χ1n) is 11.7. The SMILES string of the molecule is N#Cc1ccc(CN2CC[C@@]3(C2=O)c2ccc(F)cc2C(=O)N3Cc2cc3nc(N)c(F)cc3[nH]2)cc1F. The van der Waals surface area contributed by atoms with Gasteiger partial charge in [-0.1, -0.05) is 12.1 Å². The number of benzene rings is 2. The lowest BCUT2D eigenvalue weighted by Gasteiger charge is -2.34. The van der Waals surface area contributed by atoms with Crippen molar-refractivity contribution in [1.29, 1.82) is 5.26 Å². The number of hydrogen-bond donors (Lipinski definition) is 2. The van der Waals surface area contributed by atoms with Crippen LogP contribution in [0.15, 0.2) is 48.5 Å². The number of nitrogens with one attached hydrogen (secondary N) is 1. The Bertz CT molecular complexity index is 1670.